The average molecular weight is 220 g/mol. The molecule has 0 radical (unpaired) electrons. The number of hydrogen-bond donors (Lipinski definition) is 2. The zero-order valence-corrected chi connectivity index (χ0v) is 9.82. The Morgan fingerprint density at radius 2 is 2.12 bits per heavy atom. The van der Waals surface area contributed by atoms with E-state index in [0.717, 1.165) is 19.6 Å². The molecule has 1 aliphatic rings. The second-order valence-corrected chi connectivity index (χ2v) is 4.51. The number of piperidine rings is 1. The number of aromatic hydroxyl groups is 1. The molecule has 0 saturated carbocycles. The summed E-state index contributed by atoms with van der Waals surface area (Å²) in [7, 11) is 2.04. The maximum Gasteiger partial charge on any atom is 0.115 e. The number of likely N-dealkylation sites (tertiary alicyclic amines) is 1. The molecule has 2 N–H and O–H groups in total. The van der Waals surface area contributed by atoms with Crippen molar-refractivity contribution in [3.05, 3.63) is 29.8 Å². The molecule has 0 aromatic heterocycles. The lowest BCUT2D eigenvalue weighted by Crippen LogP contribution is -2.40. The molecule has 0 amide bonds. The first-order valence-electron chi connectivity index (χ1n) is 5.95. The maximum absolute atomic E-state index is 9.39. The molecule has 1 fully saturated rings. The fourth-order valence-electron chi connectivity index (χ4n) is 2.29. The van der Waals surface area contributed by atoms with Crippen molar-refractivity contribution in [2.45, 2.75) is 25.4 Å². The third-order valence-corrected chi connectivity index (χ3v) is 3.31. The molecule has 3 nitrogen and oxygen atoms in total. The minimum Gasteiger partial charge on any atom is -0.508 e. The van der Waals surface area contributed by atoms with Crippen LogP contribution in [0.5, 0.6) is 5.75 Å². The molecule has 2 rings (SSSR count). The summed E-state index contributed by atoms with van der Waals surface area (Å²) in [6.45, 7) is 3.23. The molecule has 0 spiro atoms. The number of nitrogens with zero attached hydrogens (tertiary/aromatic N) is 1. The number of phenols is 1. The lowest BCUT2D eigenvalue weighted by Gasteiger charge is -2.31. The van der Waals surface area contributed by atoms with Gasteiger partial charge in [0.1, 0.15) is 5.75 Å². The van der Waals surface area contributed by atoms with Gasteiger partial charge in [0.25, 0.3) is 0 Å². The molecule has 1 saturated heterocycles. The van der Waals surface area contributed by atoms with E-state index in [9.17, 15) is 5.11 Å². The van der Waals surface area contributed by atoms with Gasteiger partial charge in [-0.05, 0) is 50.7 Å². The Balaban J connectivity index is 1.87. The summed E-state index contributed by atoms with van der Waals surface area (Å²) in [6, 6.07) is 8.23. The van der Waals surface area contributed by atoms with Gasteiger partial charge in [0.2, 0.25) is 0 Å². The predicted octanol–water partition coefficient (Wildman–Crippen LogP) is 1.58. The maximum atomic E-state index is 9.39. The molecule has 0 unspecified atom stereocenters. The molecule has 1 aromatic carbocycles. The summed E-state index contributed by atoms with van der Waals surface area (Å²) in [5, 5.41) is 12.7. The molecule has 1 aliphatic heterocycles. The van der Waals surface area contributed by atoms with E-state index in [0.29, 0.717) is 11.8 Å². The van der Waals surface area contributed by atoms with E-state index in [1.54, 1.807) is 6.07 Å². The predicted molar refractivity (Wildman–Crippen MR) is 65.5 cm³/mol. The van der Waals surface area contributed by atoms with Crippen LogP contribution in [-0.2, 0) is 6.54 Å². The highest BCUT2D eigenvalue weighted by Crippen LogP contribution is 2.16. The number of nitrogens with one attached hydrogen (secondary N) is 1. The van der Waals surface area contributed by atoms with Crippen LogP contribution in [0, 0.1) is 0 Å². The minimum atomic E-state index is 0.364. The molecule has 0 atom stereocenters. The van der Waals surface area contributed by atoms with Crippen molar-refractivity contribution in [2.24, 2.45) is 0 Å². The van der Waals surface area contributed by atoms with Crippen LogP contribution >= 0.6 is 0 Å². The van der Waals surface area contributed by atoms with Crippen molar-refractivity contribution in [1.29, 1.82) is 0 Å². The summed E-state index contributed by atoms with van der Waals surface area (Å²) in [5.41, 5.74) is 1.20. The van der Waals surface area contributed by atoms with E-state index in [4.69, 9.17) is 0 Å². The van der Waals surface area contributed by atoms with Crippen molar-refractivity contribution in [1.82, 2.24) is 10.2 Å². The zero-order valence-electron chi connectivity index (χ0n) is 9.82. The van der Waals surface area contributed by atoms with Crippen LogP contribution in [0.4, 0.5) is 0 Å². The summed E-state index contributed by atoms with van der Waals surface area (Å²) < 4.78 is 0. The molecule has 16 heavy (non-hydrogen) atoms. The second kappa shape index (κ2) is 5.32. The minimum absolute atomic E-state index is 0.364. The highest BCUT2D eigenvalue weighted by Gasteiger charge is 2.17. The smallest absolute Gasteiger partial charge is 0.115 e. The summed E-state index contributed by atoms with van der Waals surface area (Å²) in [6.07, 6.45) is 2.44. The van der Waals surface area contributed by atoms with E-state index in [1.165, 1.54) is 18.4 Å². The van der Waals surface area contributed by atoms with Crippen molar-refractivity contribution in [3.8, 4) is 5.75 Å². The SMILES string of the molecule is CNC1CCN(Cc2cccc(O)c2)CC1. The van der Waals surface area contributed by atoms with Crippen molar-refractivity contribution in [2.75, 3.05) is 20.1 Å². The first-order valence-corrected chi connectivity index (χ1v) is 5.95. The van der Waals surface area contributed by atoms with Crippen molar-refractivity contribution >= 4 is 0 Å². The number of benzene rings is 1. The molecule has 1 aromatic rings. The summed E-state index contributed by atoms with van der Waals surface area (Å²) in [5.74, 6) is 0.364. The Hall–Kier alpha value is -1.06. The van der Waals surface area contributed by atoms with Gasteiger partial charge < -0.3 is 10.4 Å². The van der Waals surface area contributed by atoms with Crippen LogP contribution in [0.3, 0.4) is 0 Å². The average Bonchev–Trinajstić information content (AvgIpc) is 2.30. The number of hydrogen-bond acceptors (Lipinski definition) is 3. The Labute approximate surface area is 97.1 Å². The highest BCUT2D eigenvalue weighted by molar-refractivity contribution is 5.27. The fraction of sp³-hybridized carbons (Fsp3) is 0.538. The van der Waals surface area contributed by atoms with Crippen LogP contribution in [0.1, 0.15) is 18.4 Å². The Bertz CT molecular complexity index is 332. The van der Waals surface area contributed by atoms with Crippen LogP contribution in [-0.4, -0.2) is 36.2 Å². The van der Waals surface area contributed by atoms with E-state index >= 15 is 0 Å². The van der Waals surface area contributed by atoms with E-state index < -0.39 is 0 Å². The first-order chi connectivity index (χ1) is 7.78. The number of rotatable bonds is 3. The highest BCUT2D eigenvalue weighted by atomic mass is 16.3. The van der Waals surface area contributed by atoms with Crippen LogP contribution in [0.15, 0.2) is 24.3 Å². The number of phenolic OH excluding ortho intramolecular Hbond substituents is 1. The van der Waals surface area contributed by atoms with Crippen molar-refractivity contribution < 1.29 is 5.11 Å². The second-order valence-electron chi connectivity index (χ2n) is 4.51. The van der Waals surface area contributed by atoms with Gasteiger partial charge in [-0.2, -0.15) is 0 Å². The molecule has 88 valence electrons. The van der Waals surface area contributed by atoms with Gasteiger partial charge in [-0.15, -0.1) is 0 Å². The molecular formula is C13H20N2O. The molecule has 1 heterocycles. The lowest BCUT2D eigenvalue weighted by atomic mass is 10.0. The van der Waals surface area contributed by atoms with Gasteiger partial charge in [-0.25, -0.2) is 0 Å². The van der Waals surface area contributed by atoms with Gasteiger partial charge >= 0.3 is 0 Å². The van der Waals surface area contributed by atoms with Crippen LogP contribution < -0.4 is 5.32 Å². The van der Waals surface area contributed by atoms with E-state index in [-0.39, 0.29) is 0 Å². The standard InChI is InChI=1S/C13H20N2O/c1-14-12-5-7-15(8-6-12)10-11-3-2-4-13(16)9-11/h2-4,9,12,14,16H,5-8,10H2,1H3. The monoisotopic (exact) mass is 220 g/mol. The van der Waals surface area contributed by atoms with Gasteiger partial charge in [0.15, 0.2) is 0 Å². The van der Waals surface area contributed by atoms with Gasteiger partial charge in [0.05, 0.1) is 0 Å². The Morgan fingerprint density at radius 1 is 1.38 bits per heavy atom. The van der Waals surface area contributed by atoms with Crippen LogP contribution in [0.2, 0.25) is 0 Å². The third-order valence-electron chi connectivity index (χ3n) is 3.31. The van der Waals surface area contributed by atoms with Crippen LogP contribution in [0.25, 0.3) is 0 Å². The molecule has 0 aliphatic carbocycles. The summed E-state index contributed by atoms with van der Waals surface area (Å²) >= 11 is 0. The molecular weight excluding hydrogens is 200 g/mol. The van der Waals surface area contributed by atoms with Gasteiger partial charge in [-0.1, -0.05) is 12.1 Å². The van der Waals surface area contributed by atoms with Gasteiger partial charge in [-0.3, -0.25) is 4.90 Å². The third kappa shape index (κ3) is 2.97. The zero-order chi connectivity index (χ0) is 11.4. The van der Waals surface area contributed by atoms with E-state index in [2.05, 4.69) is 16.3 Å². The quantitative estimate of drug-likeness (QED) is 0.811. The normalized spacial score (nSPS) is 18.8. The first kappa shape index (κ1) is 11.4. The lowest BCUT2D eigenvalue weighted by molar-refractivity contribution is 0.194. The van der Waals surface area contributed by atoms with E-state index in [1.807, 2.05) is 19.2 Å². The Morgan fingerprint density at radius 3 is 2.75 bits per heavy atom. The fourth-order valence-corrected chi connectivity index (χ4v) is 2.29. The largest absolute Gasteiger partial charge is 0.508 e. The topological polar surface area (TPSA) is 35.5 Å². The molecule has 0 bridgehead atoms. The summed E-state index contributed by atoms with van der Waals surface area (Å²) in [4.78, 5) is 2.45. The Kier molecular flexibility index (Phi) is 3.80. The van der Waals surface area contributed by atoms with Gasteiger partial charge in [0, 0.05) is 12.6 Å². The van der Waals surface area contributed by atoms with Crippen molar-refractivity contribution in [3.63, 3.8) is 0 Å². The molecule has 3 heteroatoms.